The van der Waals surface area contributed by atoms with Gasteiger partial charge in [-0.2, -0.15) is 0 Å². The Kier molecular flexibility index (Phi) is 6.97. The summed E-state index contributed by atoms with van der Waals surface area (Å²) in [5.74, 6) is 0.140. The molecule has 0 radical (unpaired) electrons. The maximum absolute atomic E-state index is 13.2. The van der Waals surface area contributed by atoms with Gasteiger partial charge >= 0.3 is 0 Å². The molecule has 3 aliphatic heterocycles. The van der Waals surface area contributed by atoms with Crippen LogP contribution in [0.1, 0.15) is 36.8 Å². The van der Waals surface area contributed by atoms with Crippen LogP contribution in [-0.2, 0) is 22.6 Å². The number of piperidine rings is 1. The van der Waals surface area contributed by atoms with Crippen LogP contribution in [0.3, 0.4) is 0 Å². The van der Waals surface area contributed by atoms with Crippen LogP contribution in [0.5, 0.6) is 0 Å². The molecule has 5 rings (SSSR count). The quantitative estimate of drug-likeness (QED) is 0.690. The van der Waals surface area contributed by atoms with Crippen molar-refractivity contribution in [3.8, 4) is 0 Å². The predicted octanol–water partition coefficient (Wildman–Crippen LogP) is 2.69. The molecule has 6 heteroatoms. The molecule has 2 aromatic carbocycles. The van der Waals surface area contributed by atoms with Gasteiger partial charge in [0.15, 0.2) is 0 Å². The van der Waals surface area contributed by atoms with Crippen LogP contribution in [0.4, 0.5) is 0 Å². The van der Waals surface area contributed by atoms with Gasteiger partial charge in [0, 0.05) is 38.8 Å². The Morgan fingerprint density at radius 3 is 2.24 bits per heavy atom. The van der Waals surface area contributed by atoms with Gasteiger partial charge in [0.25, 0.3) is 0 Å². The molecular formula is C28H36N4O2. The van der Waals surface area contributed by atoms with Gasteiger partial charge in [0.05, 0.1) is 6.54 Å². The van der Waals surface area contributed by atoms with Gasteiger partial charge < -0.3 is 15.1 Å². The number of carbonyl (C=O) groups is 2. The zero-order valence-corrected chi connectivity index (χ0v) is 20.0. The third-order valence-electron chi connectivity index (χ3n) is 7.88. The molecule has 0 bridgehead atoms. The van der Waals surface area contributed by atoms with E-state index in [4.69, 9.17) is 0 Å². The largest absolute Gasteiger partial charge is 0.345 e. The Hall–Kier alpha value is -2.70. The lowest BCUT2D eigenvalue weighted by Gasteiger charge is -2.52. The van der Waals surface area contributed by atoms with Crippen molar-refractivity contribution in [1.82, 2.24) is 20.0 Å². The highest BCUT2D eigenvalue weighted by Crippen LogP contribution is 2.36. The van der Waals surface area contributed by atoms with E-state index in [2.05, 4.69) is 69.7 Å². The molecule has 3 heterocycles. The molecule has 3 aliphatic rings. The first-order valence-electron chi connectivity index (χ1n) is 12.8. The number of benzene rings is 2. The molecule has 6 nitrogen and oxygen atoms in total. The van der Waals surface area contributed by atoms with Crippen molar-refractivity contribution < 1.29 is 9.59 Å². The summed E-state index contributed by atoms with van der Waals surface area (Å²) in [4.78, 5) is 33.3. The molecule has 1 unspecified atom stereocenters. The number of nitrogens with one attached hydrogen (secondary N) is 1. The van der Waals surface area contributed by atoms with Crippen LogP contribution < -0.4 is 5.32 Å². The first kappa shape index (κ1) is 23.1. The Balaban J connectivity index is 1.20. The summed E-state index contributed by atoms with van der Waals surface area (Å²) in [6.07, 6.45) is 4.58. The summed E-state index contributed by atoms with van der Waals surface area (Å²) in [6, 6.07) is 21.2. The highest BCUT2D eigenvalue weighted by molar-refractivity contribution is 5.98. The van der Waals surface area contributed by atoms with Crippen molar-refractivity contribution in [3.63, 3.8) is 0 Å². The highest BCUT2D eigenvalue weighted by Gasteiger charge is 2.53. The Labute approximate surface area is 202 Å². The normalized spacial score (nSPS) is 23.4. The summed E-state index contributed by atoms with van der Waals surface area (Å²) in [5, 5.41) is 2.91. The number of piperazine rings is 1. The Morgan fingerprint density at radius 2 is 1.53 bits per heavy atom. The third kappa shape index (κ3) is 4.89. The van der Waals surface area contributed by atoms with Crippen molar-refractivity contribution in [3.05, 3.63) is 71.8 Å². The lowest BCUT2D eigenvalue weighted by Crippen LogP contribution is -2.72. The third-order valence-corrected chi connectivity index (χ3v) is 7.88. The Bertz CT molecular complexity index is 972. The first-order valence-corrected chi connectivity index (χ1v) is 12.8. The molecule has 0 saturated carbocycles. The molecule has 3 fully saturated rings. The predicted molar refractivity (Wildman–Crippen MR) is 133 cm³/mol. The summed E-state index contributed by atoms with van der Waals surface area (Å²) in [7, 11) is 0. The van der Waals surface area contributed by atoms with Crippen LogP contribution in [-0.4, -0.2) is 77.4 Å². The second-order valence-corrected chi connectivity index (χ2v) is 10.1. The molecule has 2 aromatic rings. The fourth-order valence-corrected chi connectivity index (χ4v) is 6.08. The van der Waals surface area contributed by atoms with Gasteiger partial charge in [-0.1, -0.05) is 60.7 Å². The number of aryl methyl sites for hydroxylation is 1. The average Bonchev–Trinajstić information content (AvgIpc) is 3.32. The fraction of sp³-hybridized carbons (Fsp3) is 0.500. The number of hydrogen-bond donors (Lipinski definition) is 1. The number of carbonyl (C=O) groups excluding carboxylic acids is 2. The molecule has 3 saturated heterocycles. The van der Waals surface area contributed by atoms with E-state index in [9.17, 15) is 9.59 Å². The van der Waals surface area contributed by atoms with E-state index < -0.39 is 5.54 Å². The minimum absolute atomic E-state index is 0.0533. The van der Waals surface area contributed by atoms with Crippen molar-refractivity contribution in [1.29, 1.82) is 0 Å². The van der Waals surface area contributed by atoms with Gasteiger partial charge in [0.1, 0.15) is 5.54 Å². The summed E-state index contributed by atoms with van der Waals surface area (Å²) < 4.78 is 0. The van der Waals surface area contributed by atoms with E-state index in [0.29, 0.717) is 0 Å². The van der Waals surface area contributed by atoms with Crippen molar-refractivity contribution in [2.45, 2.75) is 50.2 Å². The zero-order chi connectivity index (χ0) is 23.4. The lowest BCUT2D eigenvalue weighted by atomic mass is 9.81. The van der Waals surface area contributed by atoms with Crippen LogP contribution in [0.25, 0.3) is 0 Å². The second-order valence-electron chi connectivity index (χ2n) is 10.1. The van der Waals surface area contributed by atoms with Crippen LogP contribution in [0.2, 0.25) is 0 Å². The highest BCUT2D eigenvalue weighted by atomic mass is 16.2. The van der Waals surface area contributed by atoms with Crippen molar-refractivity contribution in [2.24, 2.45) is 0 Å². The maximum Gasteiger partial charge on any atom is 0.246 e. The summed E-state index contributed by atoms with van der Waals surface area (Å²) in [6.45, 7) is 5.61. The second kappa shape index (κ2) is 10.3. The lowest BCUT2D eigenvalue weighted by molar-refractivity contribution is -0.160. The molecule has 34 heavy (non-hydrogen) atoms. The molecule has 1 spiro atoms. The number of nitrogens with zero attached hydrogens (tertiary/aromatic N) is 3. The fourth-order valence-electron chi connectivity index (χ4n) is 6.08. The van der Waals surface area contributed by atoms with Gasteiger partial charge in [-0.3, -0.25) is 14.5 Å². The SMILES string of the molecule is O=C1CNC(=O)C2(CCN(CCCc3ccccc3)CC2)N1C1CCN(Cc2ccccc2)C1. The number of amides is 2. The molecule has 1 atom stereocenters. The van der Waals surface area contributed by atoms with Crippen LogP contribution in [0.15, 0.2) is 60.7 Å². The van der Waals surface area contributed by atoms with Gasteiger partial charge in [-0.05, 0) is 49.8 Å². The van der Waals surface area contributed by atoms with E-state index in [1.54, 1.807) is 0 Å². The molecule has 1 N–H and O–H groups in total. The maximum atomic E-state index is 13.2. The van der Waals surface area contributed by atoms with E-state index in [1.165, 1.54) is 11.1 Å². The molecule has 0 aromatic heterocycles. The summed E-state index contributed by atoms with van der Waals surface area (Å²) >= 11 is 0. The van der Waals surface area contributed by atoms with Gasteiger partial charge in [-0.25, -0.2) is 0 Å². The van der Waals surface area contributed by atoms with E-state index in [-0.39, 0.29) is 24.4 Å². The van der Waals surface area contributed by atoms with Gasteiger partial charge in [-0.15, -0.1) is 0 Å². The standard InChI is InChI=1S/C28H36N4O2/c33-26-20-29-27(34)28(14-18-30(19-15-28)16-7-12-23-8-3-1-4-9-23)32(26)25-13-17-31(22-25)21-24-10-5-2-6-11-24/h1-6,8-11,25H,7,12-22H2,(H,29,34). The van der Waals surface area contributed by atoms with E-state index in [0.717, 1.165) is 71.4 Å². The summed E-state index contributed by atoms with van der Waals surface area (Å²) in [5.41, 5.74) is 1.99. The first-order chi connectivity index (χ1) is 16.6. The van der Waals surface area contributed by atoms with E-state index >= 15 is 0 Å². The van der Waals surface area contributed by atoms with Crippen LogP contribution in [0, 0.1) is 0 Å². The van der Waals surface area contributed by atoms with E-state index in [1.807, 2.05) is 11.0 Å². The molecule has 2 amide bonds. The smallest absolute Gasteiger partial charge is 0.246 e. The number of rotatable bonds is 7. The minimum Gasteiger partial charge on any atom is -0.345 e. The zero-order valence-electron chi connectivity index (χ0n) is 20.0. The monoisotopic (exact) mass is 460 g/mol. The molecule has 180 valence electrons. The van der Waals surface area contributed by atoms with Crippen molar-refractivity contribution in [2.75, 3.05) is 39.3 Å². The van der Waals surface area contributed by atoms with Crippen molar-refractivity contribution >= 4 is 11.8 Å². The van der Waals surface area contributed by atoms with Gasteiger partial charge in [0.2, 0.25) is 11.8 Å². The minimum atomic E-state index is -0.682. The number of hydrogen-bond acceptors (Lipinski definition) is 4. The molecular weight excluding hydrogens is 424 g/mol. The number of likely N-dealkylation sites (tertiary alicyclic amines) is 2. The van der Waals surface area contributed by atoms with Crippen LogP contribution >= 0.6 is 0 Å². The molecule has 0 aliphatic carbocycles. The Morgan fingerprint density at radius 1 is 0.853 bits per heavy atom. The topological polar surface area (TPSA) is 55.9 Å². The average molecular weight is 461 g/mol.